The van der Waals surface area contributed by atoms with Crippen LogP contribution in [0.3, 0.4) is 0 Å². The molecule has 12 heteroatoms. The molecule has 3 aromatic heterocycles. The van der Waals surface area contributed by atoms with E-state index in [1.165, 1.54) is 6.42 Å². The lowest BCUT2D eigenvalue weighted by Gasteiger charge is -2.31. The van der Waals surface area contributed by atoms with Gasteiger partial charge >= 0.3 is 6.09 Å². The van der Waals surface area contributed by atoms with Gasteiger partial charge in [-0.3, -0.25) is 14.5 Å². The molecule has 6 rings (SSSR count). The third-order valence-electron chi connectivity index (χ3n) is 8.77. The number of carbonyl (C=O) groups is 3. The Hall–Kier alpha value is -4.22. The normalized spacial score (nSPS) is 21.0. The van der Waals surface area contributed by atoms with Crippen molar-refractivity contribution in [2.75, 3.05) is 30.9 Å². The minimum absolute atomic E-state index is 0.0337. The van der Waals surface area contributed by atoms with Gasteiger partial charge in [0.25, 0.3) is 5.91 Å². The molecule has 5 heterocycles. The Bertz CT molecular complexity index is 1550. The highest BCUT2D eigenvalue weighted by atomic mass is 16.6. The van der Waals surface area contributed by atoms with Gasteiger partial charge in [-0.15, -0.1) is 0 Å². The summed E-state index contributed by atoms with van der Waals surface area (Å²) in [5, 5.41) is 4.02. The zero-order valence-corrected chi connectivity index (χ0v) is 26.2. The molecule has 2 atom stereocenters. The number of anilines is 3. The van der Waals surface area contributed by atoms with Crippen LogP contribution in [0, 0.1) is 0 Å². The second-order valence-electron chi connectivity index (χ2n) is 13.4. The number of rotatable bonds is 5. The molecule has 1 N–H and O–H groups in total. The monoisotopic (exact) mass is 602 g/mol. The molecule has 2 saturated heterocycles. The van der Waals surface area contributed by atoms with Crippen molar-refractivity contribution in [1.82, 2.24) is 29.3 Å². The smallest absolute Gasteiger partial charge is 0.410 e. The number of nitrogens with one attached hydrogen (secondary N) is 1. The molecule has 3 aliphatic rings. The molecule has 44 heavy (non-hydrogen) atoms. The molecule has 3 aromatic rings. The summed E-state index contributed by atoms with van der Waals surface area (Å²) < 4.78 is 7.76. The molecule has 1 aliphatic carbocycles. The summed E-state index contributed by atoms with van der Waals surface area (Å²) in [7, 11) is 3.53. The van der Waals surface area contributed by atoms with E-state index in [1.54, 1.807) is 47.3 Å². The van der Waals surface area contributed by atoms with Crippen molar-refractivity contribution in [3.05, 3.63) is 36.3 Å². The number of ether oxygens (including phenoxy) is 1. The van der Waals surface area contributed by atoms with Crippen molar-refractivity contribution >= 4 is 46.4 Å². The van der Waals surface area contributed by atoms with Crippen molar-refractivity contribution in [3.8, 4) is 0 Å². The highest BCUT2D eigenvalue weighted by molar-refractivity contribution is 5.98. The predicted octanol–water partition coefficient (Wildman–Crippen LogP) is 5.28. The Kier molecular flexibility index (Phi) is 7.93. The van der Waals surface area contributed by atoms with Crippen LogP contribution in [0.5, 0.6) is 0 Å². The summed E-state index contributed by atoms with van der Waals surface area (Å²) in [5.74, 6) is 0.833. The fourth-order valence-corrected chi connectivity index (χ4v) is 6.73. The van der Waals surface area contributed by atoms with Crippen molar-refractivity contribution in [1.29, 1.82) is 0 Å². The number of hydrogen-bond donors (Lipinski definition) is 1. The molecular weight excluding hydrogens is 560 g/mol. The molecule has 2 unspecified atom stereocenters. The van der Waals surface area contributed by atoms with Crippen LogP contribution >= 0.6 is 0 Å². The van der Waals surface area contributed by atoms with E-state index in [0.29, 0.717) is 29.7 Å². The summed E-state index contributed by atoms with van der Waals surface area (Å²) in [6.07, 6.45) is 10.4. The maximum absolute atomic E-state index is 13.3. The lowest BCUT2D eigenvalue weighted by atomic mass is 9.95. The molecule has 3 fully saturated rings. The lowest BCUT2D eigenvalue weighted by Crippen LogP contribution is -2.45. The van der Waals surface area contributed by atoms with Gasteiger partial charge < -0.3 is 24.4 Å². The van der Waals surface area contributed by atoms with Gasteiger partial charge in [-0.05, 0) is 64.7 Å². The summed E-state index contributed by atoms with van der Waals surface area (Å²) in [5.41, 5.74) is 1.44. The van der Waals surface area contributed by atoms with Gasteiger partial charge in [0.05, 0.1) is 17.9 Å². The second-order valence-corrected chi connectivity index (χ2v) is 13.4. The Morgan fingerprint density at radius 1 is 0.977 bits per heavy atom. The quantitative estimate of drug-likeness (QED) is 0.418. The van der Waals surface area contributed by atoms with Crippen molar-refractivity contribution < 1.29 is 19.1 Å². The average Bonchev–Trinajstić information content (AvgIpc) is 3.51. The van der Waals surface area contributed by atoms with Crippen LogP contribution in [0.1, 0.15) is 88.7 Å². The van der Waals surface area contributed by atoms with Crippen molar-refractivity contribution in [2.45, 2.75) is 95.9 Å². The minimum Gasteiger partial charge on any atom is -0.444 e. The fourth-order valence-electron chi connectivity index (χ4n) is 6.73. The van der Waals surface area contributed by atoms with E-state index in [4.69, 9.17) is 9.72 Å². The third kappa shape index (κ3) is 5.94. The Balaban J connectivity index is 1.21. The van der Waals surface area contributed by atoms with E-state index in [9.17, 15) is 14.4 Å². The molecule has 12 nitrogen and oxygen atoms in total. The molecule has 0 spiro atoms. The number of aromatic nitrogens is 4. The number of fused-ring (bicyclic) bond motifs is 3. The third-order valence-corrected chi connectivity index (χ3v) is 8.77. The highest BCUT2D eigenvalue weighted by Crippen LogP contribution is 2.35. The van der Waals surface area contributed by atoms with Crippen LogP contribution in [-0.4, -0.2) is 85.6 Å². The summed E-state index contributed by atoms with van der Waals surface area (Å²) >= 11 is 0. The van der Waals surface area contributed by atoms with E-state index in [2.05, 4.69) is 19.9 Å². The Labute approximate surface area is 257 Å². The van der Waals surface area contributed by atoms with Crippen LogP contribution in [-0.2, 0) is 9.53 Å². The number of pyridine rings is 1. The van der Waals surface area contributed by atoms with Crippen molar-refractivity contribution in [3.63, 3.8) is 0 Å². The molecule has 2 bridgehead atoms. The van der Waals surface area contributed by atoms with Gasteiger partial charge in [0.1, 0.15) is 22.8 Å². The molecule has 2 aliphatic heterocycles. The Morgan fingerprint density at radius 2 is 1.73 bits per heavy atom. The standard InChI is InChI=1S/C32H42N8O4/c1-32(2,3)44-31(43)39-22-11-12-24(39)19-38(27(41)16-22)23-13-14-26(33-18-23)35-30-34-17-20-15-25(29(42)37(4)5)40(28(20)36-30)21-9-7-6-8-10-21/h13-15,17-18,21-22,24H,6-12,16,19H2,1-5H3,(H,33,34,35,36). The first-order chi connectivity index (χ1) is 21.0. The zero-order valence-electron chi connectivity index (χ0n) is 26.2. The maximum Gasteiger partial charge on any atom is 0.410 e. The molecule has 234 valence electrons. The number of hydrogen-bond acceptors (Lipinski definition) is 8. The second kappa shape index (κ2) is 11.7. The molecule has 3 amide bonds. The van der Waals surface area contributed by atoms with E-state index >= 15 is 0 Å². The van der Waals surface area contributed by atoms with Gasteiger partial charge in [-0.2, -0.15) is 4.98 Å². The number of amides is 3. The van der Waals surface area contributed by atoms with Crippen LogP contribution in [0.2, 0.25) is 0 Å². The van der Waals surface area contributed by atoms with Gasteiger partial charge in [0, 0.05) is 50.7 Å². The molecule has 1 saturated carbocycles. The topological polar surface area (TPSA) is 126 Å². The first-order valence-electron chi connectivity index (χ1n) is 15.6. The van der Waals surface area contributed by atoms with E-state index in [0.717, 1.165) is 49.6 Å². The zero-order chi connectivity index (χ0) is 31.2. The number of carbonyl (C=O) groups excluding carboxylic acids is 3. The summed E-state index contributed by atoms with van der Waals surface area (Å²) in [4.78, 5) is 58.3. The SMILES string of the molecule is CN(C)C(=O)c1cc2cnc(Nc3ccc(N4CC5CCC(CC4=O)N5C(=O)OC(C)(C)C)cn3)nc2n1C1CCCCC1. The largest absolute Gasteiger partial charge is 0.444 e. The lowest BCUT2D eigenvalue weighted by molar-refractivity contribution is -0.119. The Morgan fingerprint density at radius 3 is 2.41 bits per heavy atom. The predicted molar refractivity (Wildman–Crippen MR) is 167 cm³/mol. The van der Waals surface area contributed by atoms with Gasteiger partial charge in [-0.1, -0.05) is 19.3 Å². The van der Waals surface area contributed by atoms with Crippen LogP contribution in [0.25, 0.3) is 11.0 Å². The van der Waals surface area contributed by atoms with Crippen molar-refractivity contribution in [2.24, 2.45) is 0 Å². The van der Waals surface area contributed by atoms with Crippen LogP contribution in [0.15, 0.2) is 30.6 Å². The summed E-state index contributed by atoms with van der Waals surface area (Å²) in [6, 6.07) is 5.48. The summed E-state index contributed by atoms with van der Waals surface area (Å²) in [6.45, 7) is 5.95. The van der Waals surface area contributed by atoms with E-state index in [-0.39, 0.29) is 42.5 Å². The molecule has 0 aromatic carbocycles. The highest BCUT2D eigenvalue weighted by Gasteiger charge is 2.44. The first-order valence-corrected chi connectivity index (χ1v) is 15.6. The maximum atomic E-state index is 13.3. The first kappa shape index (κ1) is 29.8. The van der Waals surface area contributed by atoms with Crippen LogP contribution < -0.4 is 10.2 Å². The van der Waals surface area contributed by atoms with E-state index < -0.39 is 5.60 Å². The average molecular weight is 603 g/mol. The van der Waals surface area contributed by atoms with Gasteiger partial charge in [-0.25, -0.2) is 14.8 Å². The molecular formula is C32H42N8O4. The fraction of sp³-hybridized carbons (Fsp3) is 0.562. The van der Waals surface area contributed by atoms with Gasteiger partial charge in [0.2, 0.25) is 11.9 Å². The number of nitrogens with zero attached hydrogens (tertiary/aromatic N) is 7. The molecule has 0 radical (unpaired) electrons. The van der Waals surface area contributed by atoms with E-state index in [1.807, 2.05) is 32.9 Å². The van der Waals surface area contributed by atoms with Gasteiger partial charge in [0.15, 0.2) is 0 Å². The van der Waals surface area contributed by atoms with Crippen LogP contribution in [0.4, 0.5) is 22.2 Å². The minimum atomic E-state index is -0.599.